The number of hydrogen-bond acceptors (Lipinski definition) is 3. The SMILES string of the molecule is CC(C)N1CCCC(CNC(=O)C2CCCN2C(=O)C2CCCCC2)C1. The highest BCUT2D eigenvalue weighted by molar-refractivity contribution is 5.89. The smallest absolute Gasteiger partial charge is 0.242 e. The lowest BCUT2D eigenvalue weighted by molar-refractivity contribution is -0.142. The molecule has 148 valence electrons. The van der Waals surface area contributed by atoms with Gasteiger partial charge in [0.05, 0.1) is 0 Å². The van der Waals surface area contributed by atoms with Crippen molar-refractivity contribution < 1.29 is 9.59 Å². The average molecular weight is 364 g/mol. The maximum Gasteiger partial charge on any atom is 0.242 e. The first-order valence-electron chi connectivity index (χ1n) is 10.9. The van der Waals surface area contributed by atoms with Gasteiger partial charge in [-0.05, 0) is 64.8 Å². The molecule has 1 aliphatic carbocycles. The molecule has 0 aromatic rings. The zero-order valence-corrected chi connectivity index (χ0v) is 16.7. The van der Waals surface area contributed by atoms with Crippen LogP contribution < -0.4 is 5.32 Å². The van der Waals surface area contributed by atoms with Gasteiger partial charge in [-0.25, -0.2) is 0 Å². The minimum atomic E-state index is -0.228. The predicted octanol–water partition coefficient (Wildman–Crippen LogP) is 2.79. The van der Waals surface area contributed by atoms with E-state index in [1.54, 1.807) is 0 Å². The van der Waals surface area contributed by atoms with E-state index in [9.17, 15) is 9.59 Å². The highest BCUT2D eigenvalue weighted by Crippen LogP contribution is 2.29. The van der Waals surface area contributed by atoms with Crippen LogP contribution in [0.3, 0.4) is 0 Å². The molecule has 3 fully saturated rings. The molecule has 2 atom stereocenters. The average Bonchev–Trinajstić information content (AvgIpc) is 3.16. The van der Waals surface area contributed by atoms with Crippen LogP contribution in [0, 0.1) is 11.8 Å². The molecular formula is C21H37N3O2. The second kappa shape index (κ2) is 9.20. The molecule has 2 saturated heterocycles. The van der Waals surface area contributed by atoms with Gasteiger partial charge in [-0.3, -0.25) is 9.59 Å². The number of likely N-dealkylation sites (tertiary alicyclic amines) is 2. The Balaban J connectivity index is 1.49. The van der Waals surface area contributed by atoms with E-state index in [0.717, 1.165) is 58.2 Å². The van der Waals surface area contributed by atoms with E-state index in [0.29, 0.717) is 12.0 Å². The van der Waals surface area contributed by atoms with E-state index in [1.807, 2.05) is 4.90 Å². The third kappa shape index (κ3) is 4.79. The monoisotopic (exact) mass is 363 g/mol. The van der Waals surface area contributed by atoms with Crippen LogP contribution in [0.5, 0.6) is 0 Å². The molecule has 2 unspecified atom stereocenters. The summed E-state index contributed by atoms with van der Waals surface area (Å²) in [7, 11) is 0. The first-order chi connectivity index (χ1) is 12.6. The lowest BCUT2D eigenvalue weighted by Gasteiger charge is -2.36. The highest BCUT2D eigenvalue weighted by Gasteiger charge is 2.37. The predicted molar refractivity (Wildman–Crippen MR) is 104 cm³/mol. The molecule has 3 rings (SSSR count). The van der Waals surface area contributed by atoms with Crippen LogP contribution in [0.25, 0.3) is 0 Å². The van der Waals surface area contributed by atoms with Crippen molar-refractivity contribution in [3.63, 3.8) is 0 Å². The fraction of sp³-hybridized carbons (Fsp3) is 0.905. The van der Waals surface area contributed by atoms with Crippen molar-refractivity contribution in [2.45, 2.75) is 83.7 Å². The van der Waals surface area contributed by atoms with E-state index in [-0.39, 0.29) is 23.8 Å². The van der Waals surface area contributed by atoms with Crippen LogP contribution in [0.2, 0.25) is 0 Å². The lowest BCUT2D eigenvalue weighted by atomic mass is 9.88. The van der Waals surface area contributed by atoms with Gasteiger partial charge in [0.25, 0.3) is 0 Å². The van der Waals surface area contributed by atoms with Gasteiger partial charge in [-0.1, -0.05) is 19.3 Å². The quantitative estimate of drug-likeness (QED) is 0.817. The normalized spacial score (nSPS) is 28.5. The third-order valence-corrected chi connectivity index (χ3v) is 6.64. The van der Waals surface area contributed by atoms with Gasteiger partial charge >= 0.3 is 0 Å². The summed E-state index contributed by atoms with van der Waals surface area (Å²) in [6.45, 7) is 8.26. The number of nitrogens with zero attached hydrogens (tertiary/aromatic N) is 2. The van der Waals surface area contributed by atoms with Crippen molar-refractivity contribution in [3.05, 3.63) is 0 Å². The van der Waals surface area contributed by atoms with Crippen LogP contribution in [0.1, 0.15) is 71.6 Å². The van der Waals surface area contributed by atoms with E-state index < -0.39 is 0 Å². The van der Waals surface area contributed by atoms with Crippen molar-refractivity contribution in [1.82, 2.24) is 15.1 Å². The lowest BCUT2D eigenvalue weighted by Crippen LogP contribution is -2.50. The first-order valence-corrected chi connectivity index (χ1v) is 10.9. The summed E-state index contributed by atoms with van der Waals surface area (Å²) in [6, 6.07) is 0.348. The fourth-order valence-electron chi connectivity index (χ4n) is 4.98. The Bertz CT molecular complexity index is 488. The molecule has 0 aromatic heterocycles. The summed E-state index contributed by atoms with van der Waals surface area (Å²) in [4.78, 5) is 30.1. The van der Waals surface area contributed by atoms with E-state index in [1.165, 1.54) is 25.8 Å². The Kier molecular flexibility index (Phi) is 6.96. The molecular weight excluding hydrogens is 326 g/mol. The highest BCUT2D eigenvalue weighted by atomic mass is 16.2. The van der Waals surface area contributed by atoms with E-state index >= 15 is 0 Å². The summed E-state index contributed by atoms with van der Waals surface area (Å²) in [5.74, 6) is 1.02. The minimum Gasteiger partial charge on any atom is -0.354 e. The number of carbonyl (C=O) groups is 2. The third-order valence-electron chi connectivity index (χ3n) is 6.64. The zero-order valence-electron chi connectivity index (χ0n) is 16.7. The summed E-state index contributed by atoms with van der Waals surface area (Å²) in [5.41, 5.74) is 0. The van der Waals surface area contributed by atoms with E-state index in [4.69, 9.17) is 0 Å². The number of nitrogens with one attached hydrogen (secondary N) is 1. The maximum absolute atomic E-state index is 12.9. The fourth-order valence-corrected chi connectivity index (χ4v) is 4.98. The van der Waals surface area contributed by atoms with Crippen LogP contribution >= 0.6 is 0 Å². The summed E-state index contributed by atoms with van der Waals surface area (Å²) < 4.78 is 0. The van der Waals surface area contributed by atoms with Gasteiger partial charge in [0, 0.05) is 31.6 Å². The molecule has 5 nitrogen and oxygen atoms in total. The molecule has 26 heavy (non-hydrogen) atoms. The number of hydrogen-bond donors (Lipinski definition) is 1. The largest absolute Gasteiger partial charge is 0.354 e. The summed E-state index contributed by atoms with van der Waals surface area (Å²) >= 11 is 0. The van der Waals surface area contributed by atoms with Crippen molar-refractivity contribution in [2.75, 3.05) is 26.2 Å². The molecule has 2 aliphatic heterocycles. The first kappa shape index (κ1) is 19.7. The van der Waals surface area contributed by atoms with Crippen molar-refractivity contribution >= 4 is 11.8 Å². The Morgan fingerprint density at radius 1 is 0.962 bits per heavy atom. The van der Waals surface area contributed by atoms with Gasteiger partial charge in [0.1, 0.15) is 6.04 Å². The van der Waals surface area contributed by atoms with Gasteiger partial charge in [-0.2, -0.15) is 0 Å². The Hall–Kier alpha value is -1.10. The molecule has 1 N–H and O–H groups in total. The topological polar surface area (TPSA) is 52.7 Å². The Labute approximate surface area is 158 Å². The molecule has 2 amide bonds. The second-order valence-corrected chi connectivity index (χ2v) is 8.87. The zero-order chi connectivity index (χ0) is 18.5. The van der Waals surface area contributed by atoms with Crippen LogP contribution in [0.15, 0.2) is 0 Å². The van der Waals surface area contributed by atoms with Gasteiger partial charge < -0.3 is 15.1 Å². The molecule has 0 aromatic carbocycles. The molecule has 2 heterocycles. The van der Waals surface area contributed by atoms with Crippen molar-refractivity contribution in [2.24, 2.45) is 11.8 Å². The Morgan fingerprint density at radius 3 is 2.42 bits per heavy atom. The number of rotatable bonds is 5. The summed E-state index contributed by atoms with van der Waals surface area (Å²) in [5, 5.41) is 3.18. The number of amides is 2. The van der Waals surface area contributed by atoms with Gasteiger partial charge in [0.15, 0.2) is 0 Å². The molecule has 0 radical (unpaired) electrons. The molecule has 3 aliphatic rings. The summed E-state index contributed by atoms with van der Waals surface area (Å²) in [6.07, 6.45) is 9.79. The number of piperidine rings is 1. The number of carbonyl (C=O) groups excluding carboxylic acids is 2. The molecule has 0 bridgehead atoms. The standard InChI is InChI=1S/C21H37N3O2/c1-16(2)23-12-6-8-17(15-23)14-22-20(25)19-11-7-13-24(19)21(26)18-9-4-3-5-10-18/h16-19H,3-15H2,1-2H3,(H,22,25). The molecule has 5 heteroatoms. The molecule has 0 spiro atoms. The van der Waals surface area contributed by atoms with Crippen LogP contribution in [-0.2, 0) is 9.59 Å². The van der Waals surface area contributed by atoms with E-state index in [2.05, 4.69) is 24.1 Å². The Morgan fingerprint density at radius 2 is 1.69 bits per heavy atom. The van der Waals surface area contributed by atoms with Gasteiger partial charge in [-0.15, -0.1) is 0 Å². The van der Waals surface area contributed by atoms with Gasteiger partial charge in [0.2, 0.25) is 11.8 Å². The van der Waals surface area contributed by atoms with Crippen LogP contribution in [-0.4, -0.2) is 59.9 Å². The van der Waals surface area contributed by atoms with Crippen molar-refractivity contribution in [1.29, 1.82) is 0 Å². The maximum atomic E-state index is 12.9. The van der Waals surface area contributed by atoms with Crippen LogP contribution in [0.4, 0.5) is 0 Å². The van der Waals surface area contributed by atoms with Crippen molar-refractivity contribution in [3.8, 4) is 0 Å². The minimum absolute atomic E-state index is 0.0772. The second-order valence-electron chi connectivity index (χ2n) is 8.87. The molecule has 1 saturated carbocycles.